The van der Waals surface area contributed by atoms with Gasteiger partial charge in [-0.15, -0.1) is 11.3 Å². The summed E-state index contributed by atoms with van der Waals surface area (Å²) in [5.74, 6) is -0.619. The highest BCUT2D eigenvalue weighted by Gasteiger charge is 2.21. The van der Waals surface area contributed by atoms with Crippen LogP contribution in [0.15, 0.2) is 17.5 Å². The number of thiophene rings is 1. The Balaban J connectivity index is 2.09. The molecule has 1 amide bonds. The number of carbonyl (C=O) groups is 2. The molecule has 0 bridgehead atoms. The summed E-state index contributed by atoms with van der Waals surface area (Å²) in [5.41, 5.74) is 0.913. The molecule has 2 rings (SSSR count). The van der Waals surface area contributed by atoms with Gasteiger partial charge in [0.05, 0.1) is 18.7 Å². The van der Waals surface area contributed by atoms with Gasteiger partial charge in [-0.05, 0) is 36.8 Å². The molecule has 2 heterocycles. The van der Waals surface area contributed by atoms with Crippen LogP contribution < -0.4 is 5.32 Å². The van der Waals surface area contributed by atoms with Crippen LogP contribution in [-0.4, -0.2) is 22.9 Å². The lowest BCUT2D eigenvalue weighted by atomic mass is 10.2. The lowest BCUT2D eigenvalue weighted by molar-refractivity contribution is -0.115. The van der Waals surface area contributed by atoms with Gasteiger partial charge in [-0.2, -0.15) is 4.37 Å². The number of nitrogens with zero attached hydrogens (tertiary/aromatic N) is 1. The molecule has 2 aromatic heterocycles. The van der Waals surface area contributed by atoms with Gasteiger partial charge in [-0.3, -0.25) is 4.79 Å². The number of nitrogens with one attached hydrogen (secondary N) is 1. The highest BCUT2D eigenvalue weighted by molar-refractivity contribution is 7.11. The molecule has 5 nitrogen and oxygen atoms in total. The monoisotopic (exact) mass is 310 g/mol. The van der Waals surface area contributed by atoms with Crippen molar-refractivity contribution in [3.8, 4) is 0 Å². The zero-order valence-corrected chi connectivity index (χ0v) is 12.8. The van der Waals surface area contributed by atoms with E-state index in [0.29, 0.717) is 16.3 Å². The molecule has 0 saturated carbocycles. The molecule has 20 heavy (non-hydrogen) atoms. The van der Waals surface area contributed by atoms with Crippen LogP contribution in [0.5, 0.6) is 0 Å². The van der Waals surface area contributed by atoms with E-state index < -0.39 is 5.97 Å². The maximum Gasteiger partial charge on any atom is 0.343 e. The van der Waals surface area contributed by atoms with Gasteiger partial charge in [0.15, 0.2) is 0 Å². The second-order valence-corrected chi connectivity index (χ2v) is 5.80. The van der Waals surface area contributed by atoms with E-state index in [2.05, 4.69) is 9.69 Å². The van der Waals surface area contributed by atoms with Crippen LogP contribution in [0.1, 0.15) is 27.9 Å². The van der Waals surface area contributed by atoms with E-state index in [1.54, 1.807) is 13.8 Å². The third kappa shape index (κ3) is 3.43. The number of esters is 1. The van der Waals surface area contributed by atoms with Crippen molar-refractivity contribution >= 4 is 39.7 Å². The zero-order valence-electron chi connectivity index (χ0n) is 11.1. The molecule has 0 aliphatic carbocycles. The molecule has 0 unspecified atom stereocenters. The average molecular weight is 310 g/mol. The van der Waals surface area contributed by atoms with Crippen molar-refractivity contribution in [1.29, 1.82) is 0 Å². The lowest BCUT2D eigenvalue weighted by Gasteiger charge is -2.05. The van der Waals surface area contributed by atoms with Crippen LogP contribution in [0.3, 0.4) is 0 Å². The highest BCUT2D eigenvalue weighted by Crippen LogP contribution is 2.25. The number of hydrogen-bond acceptors (Lipinski definition) is 6. The summed E-state index contributed by atoms with van der Waals surface area (Å²) in [6.07, 6.45) is 0.289. The topological polar surface area (TPSA) is 68.3 Å². The van der Waals surface area contributed by atoms with Gasteiger partial charge >= 0.3 is 5.97 Å². The van der Waals surface area contributed by atoms with E-state index in [0.717, 1.165) is 16.4 Å². The van der Waals surface area contributed by atoms with E-state index in [9.17, 15) is 9.59 Å². The first-order valence-electron chi connectivity index (χ1n) is 6.07. The van der Waals surface area contributed by atoms with E-state index in [4.69, 9.17) is 4.74 Å². The summed E-state index contributed by atoms with van der Waals surface area (Å²) in [4.78, 5) is 24.8. The predicted octanol–water partition coefficient (Wildman–Crippen LogP) is 2.87. The molecule has 0 fully saturated rings. The minimum Gasteiger partial charge on any atom is -0.462 e. The molecule has 0 atom stereocenters. The zero-order chi connectivity index (χ0) is 14.5. The van der Waals surface area contributed by atoms with Crippen LogP contribution in [-0.2, 0) is 16.0 Å². The third-order valence-electron chi connectivity index (χ3n) is 2.51. The molecule has 106 valence electrons. The molecular formula is C13H14N2O3S2. The minimum absolute atomic E-state index is 0.165. The van der Waals surface area contributed by atoms with Crippen molar-refractivity contribution in [2.75, 3.05) is 11.9 Å². The van der Waals surface area contributed by atoms with E-state index in [-0.39, 0.29) is 18.9 Å². The lowest BCUT2D eigenvalue weighted by Crippen LogP contribution is -2.16. The molecule has 0 radical (unpaired) electrons. The van der Waals surface area contributed by atoms with Gasteiger partial charge in [0.25, 0.3) is 0 Å². The van der Waals surface area contributed by atoms with Crippen molar-refractivity contribution in [1.82, 2.24) is 4.37 Å². The number of aryl methyl sites for hydroxylation is 1. The van der Waals surface area contributed by atoms with Crippen molar-refractivity contribution in [2.24, 2.45) is 0 Å². The summed E-state index contributed by atoms with van der Waals surface area (Å²) >= 11 is 2.61. The Morgan fingerprint density at radius 3 is 2.90 bits per heavy atom. The first-order valence-corrected chi connectivity index (χ1v) is 7.72. The van der Waals surface area contributed by atoms with Gasteiger partial charge in [0.1, 0.15) is 10.6 Å². The maximum absolute atomic E-state index is 11.9. The second-order valence-electron chi connectivity index (χ2n) is 4.00. The molecule has 0 saturated heterocycles. The largest absolute Gasteiger partial charge is 0.462 e. The van der Waals surface area contributed by atoms with Gasteiger partial charge < -0.3 is 10.1 Å². The van der Waals surface area contributed by atoms with E-state index >= 15 is 0 Å². The number of rotatable bonds is 5. The van der Waals surface area contributed by atoms with Gasteiger partial charge in [0, 0.05) is 4.88 Å². The van der Waals surface area contributed by atoms with Gasteiger partial charge in [-0.1, -0.05) is 6.07 Å². The summed E-state index contributed by atoms with van der Waals surface area (Å²) in [6, 6.07) is 3.79. The average Bonchev–Trinajstić information content (AvgIpc) is 3.00. The first-order chi connectivity index (χ1) is 9.61. The Bertz CT molecular complexity index is 605. The molecule has 0 aliphatic heterocycles. The third-order valence-corrected chi connectivity index (χ3v) is 4.24. The number of hydrogen-bond donors (Lipinski definition) is 1. The van der Waals surface area contributed by atoms with Crippen molar-refractivity contribution in [3.63, 3.8) is 0 Å². The molecule has 2 aromatic rings. The SMILES string of the molecule is CCOC(=O)c1c(C)nsc1NC(=O)Cc1cccs1. The quantitative estimate of drug-likeness (QED) is 0.862. The molecule has 0 aromatic carbocycles. The van der Waals surface area contributed by atoms with Crippen LogP contribution in [0, 0.1) is 6.92 Å². The Morgan fingerprint density at radius 2 is 2.25 bits per heavy atom. The number of amides is 1. The predicted molar refractivity (Wildman–Crippen MR) is 79.5 cm³/mol. The van der Waals surface area contributed by atoms with Gasteiger partial charge in [-0.25, -0.2) is 4.79 Å². The molecule has 1 N–H and O–H groups in total. The van der Waals surface area contributed by atoms with Crippen LogP contribution in [0.25, 0.3) is 0 Å². The van der Waals surface area contributed by atoms with E-state index in [1.165, 1.54) is 11.3 Å². The smallest absolute Gasteiger partial charge is 0.343 e. The summed E-state index contributed by atoms with van der Waals surface area (Å²) in [7, 11) is 0. The summed E-state index contributed by atoms with van der Waals surface area (Å²) < 4.78 is 9.07. The fourth-order valence-corrected chi connectivity index (χ4v) is 3.15. The summed E-state index contributed by atoms with van der Waals surface area (Å²) in [5, 5.41) is 5.10. The Morgan fingerprint density at radius 1 is 1.45 bits per heavy atom. The number of aromatic nitrogens is 1. The van der Waals surface area contributed by atoms with E-state index in [1.807, 2.05) is 17.5 Å². The van der Waals surface area contributed by atoms with Crippen LogP contribution in [0.2, 0.25) is 0 Å². The molecule has 7 heteroatoms. The standard InChI is InChI=1S/C13H14N2O3S2/c1-3-18-13(17)11-8(2)15-20-12(11)14-10(16)7-9-5-4-6-19-9/h4-6H,3,7H2,1-2H3,(H,14,16). The highest BCUT2D eigenvalue weighted by atomic mass is 32.1. The number of ether oxygens (including phenoxy) is 1. The van der Waals surface area contributed by atoms with Crippen LogP contribution >= 0.6 is 22.9 Å². The Hall–Kier alpha value is -1.73. The molecular weight excluding hydrogens is 296 g/mol. The fourth-order valence-electron chi connectivity index (χ4n) is 1.64. The normalized spacial score (nSPS) is 10.3. The Kier molecular flexibility index (Phi) is 4.86. The fraction of sp³-hybridized carbons (Fsp3) is 0.308. The molecule has 0 spiro atoms. The van der Waals surface area contributed by atoms with Gasteiger partial charge in [0.2, 0.25) is 5.91 Å². The number of anilines is 1. The second kappa shape index (κ2) is 6.62. The Labute approximate surface area is 124 Å². The number of carbonyl (C=O) groups excluding carboxylic acids is 2. The molecule has 0 aliphatic rings. The van der Waals surface area contributed by atoms with Crippen molar-refractivity contribution in [2.45, 2.75) is 20.3 Å². The first kappa shape index (κ1) is 14.7. The maximum atomic E-state index is 11.9. The van der Waals surface area contributed by atoms with Crippen molar-refractivity contribution < 1.29 is 14.3 Å². The van der Waals surface area contributed by atoms with Crippen LogP contribution in [0.4, 0.5) is 5.00 Å². The van der Waals surface area contributed by atoms with Crippen molar-refractivity contribution in [3.05, 3.63) is 33.6 Å². The minimum atomic E-state index is -0.454. The summed E-state index contributed by atoms with van der Waals surface area (Å²) in [6.45, 7) is 3.75.